The van der Waals surface area contributed by atoms with Gasteiger partial charge in [-0.15, -0.1) is 0 Å². The fraction of sp³-hybridized carbons (Fsp3) is 0.647. The molecule has 0 bridgehead atoms. The highest BCUT2D eigenvalue weighted by molar-refractivity contribution is 5.33. The van der Waals surface area contributed by atoms with Gasteiger partial charge in [0.1, 0.15) is 0 Å². The van der Waals surface area contributed by atoms with Crippen molar-refractivity contribution in [3.63, 3.8) is 0 Å². The zero-order chi connectivity index (χ0) is 14.0. The lowest BCUT2D eigenvalue weighted by Crippen LogP contribution is -2.49. The van der Waals surface area contributed by atoms with Crippen LogP contribution in [0.4, 0.5) is 0 Å². The molecule has 1 aliphatic carbocycles. The van der Waals surface area contributed by atoms with Crippen LogP contribution >= 0.6 is 0 Å². The predicted octanol–water partition coefficient (Wildman–Crippen LogP) is 3.37. The average Bonchev–Trinajstić information content (AvgIpc) is 2.37. The van der Waals surface area contributed by atoms with Gasteiger partial charge >= 0.3 is 0 Å². The summed E-state index contributed by atoms with van der Waals surface area (Å²) in [6.07, 6.45) is 2.35. The molecule has 0 heterocycles. The van der Waals surface area contributed by atoms with Crippen LogP contribution in [0, 0.1) is 5.92 Å². The molecule has 0 aromatic heterocycles. The number of aryl methyl sites for hydroxylation is 1. The Morgan fingerprint density at radius 2 is 1.89 bits per heavy atom. The maximum absolute atomic E-state index is 6.56. The molecule has 2 N–H and O–H groups in total. The van der Waals surface area contributed by atoms with Crippen LogP contribution in [0.25, 0.3) is 0 Å². The minimum absolute atomic E-state index is 0.158. The van der Waals surface area contributed by atoms with Crippen LogP contribution in [0.5, 0.6) is 0 Å². The molecule has 0 amide bonds. The highest BCUT2D eigenvalue weighted by atomic mass is 15.2. The molecule has 1 aliphatic rings. The number of hydrogen-bond donors (Lipinski definition) is 1. The Kier molecular flexibility index (Phi) is 4.64. The van der Waals surface area contributed by atoms with E-state index in [9.17, 15) is 0 Å². The molecule has 2 heteroatoms. The summed E-state index contributed by atoms with van der Waals surface area (Å²) in [5.74, 6) is 0.687. The first-order chi connectivity index (χ1) is 9.00. The Morgan fingerprint density at radius 1 is 1.21 bits per heavy atom. The van der Waals surface area contributed by atoms with Crippen LogP contribution < -0.4 is 5.73 Å². The summed E-state index contributed by atoms with van der Waals surface area (Å²) in [7, 11) is 0. The summed E-state index contributed by atoms with van der Waals surface area (Å²) in [5, 5.41) is 0. The summed E-state index contributed by atoms with van der Waals surface area (Å²) < 4.78 is 0. The van der Waals surface area contributed by atoms with Crippen molar-refractivity contribution >= 4 is 0 Å². The number of nitrogens with zero attached hydrogens (tertiary/aromatic N) is 1. The van der Waals surface area contributed by atoms with Gasteiger partial charge in [0.05, 0.1) is 0 Å². The second-order valence-electron chi connectivity index (χ2n) is 6.52. The van der Waals surface area contributed by atoms with Gasteiger partial charge in [-0.2, -0.15) is 0 Å². The monoisotopic (exact) mass is 260 g/mol. The normalized spacial score (nSPS) is 23.2. The van der Waals surface area contributed by atoms with E-state index in [0.717, 1.165) is 13.0 Å². The molecule has 0 saturated carbocycles. The molecule has 0 fully saturated rings. The largest absolute Gasteiger partial charge is 0.323 e. The van der Waals surface area contributed by atoms with Gasteiger partial charge in [0, 0.05) is 24.7 Å². The molecule has 1 aromatic rings. The lowest BCUT2D eigenvalue weighted by atomic mass is 9.83. The number of fused-ring (bicyclic) bond motifs is 1. The van der Waals surface area contributed by atoms with E-state index < -0.39 is 0 Å². The minimum Gasteiger partial charge on any atom is -0.323 e. The summed E-state index contributed by atoms with van der Waals surface area (Å²) >= 11 is 0. The number of benzene rings is 1. The van der Waals surface area contributed by atoms with E-state index in [1.807, 2.05) is 0 Å². The van der Waals surface area contributed by atoms with E-state index in [1.165, 1.54) is 17.5 Å². The molecular weight excluding hydrogens is 232 g/mol. The summed E-state index contributed by atoms with van der Waals surface area (Å²) in [5.41, 5.74) is 9.36. The van der Waals surface area contributed by atoms with Crippen LogP contribution in [0.1, 0.15) is 51.3 Å². The molecule has 106 valence electrons. The quantitative estimate of drug-likeness (QED) is 0.899. The lowest BCUT2D eigenvalue weighted by molar-refractivity contribution is 0.104. The molecule has 0 radical (unpaired) electrons. The Morgan fingerprint density at radius 3 is 2.53 bits per heavy atom. The van der Waals surface area contributed by atoms with Gasteiger partial charge in [-0.1, -0.05) is 38.1 Å². The molecule has 1 aromatic carbocycles. The third-order valence-electron chi connectivity index (χ3n) is 4.20. The first-order valence-corrected chi connectivity index (χ1v) is 7.59. The van der Waals surface area contributed by atoms with Crippen LogP contribution in [0.2, 0.25) is 0 Å². The first kappa shape index (κ1) is 14.5. The number of hydrogen-bond acceptors (Lipinski definition) is 2. The van der Waals surface area contributed by atoms with E-state index >= 15 is 0 Å². The smallest absolute Gasteiger partial charge is 0.0456 e. The molecule has 0 spiro atoms. The van der Waals surface area contributed by atoms with Crippen molar-refractivity contribution in [2.75, 3.05) is 6.54 Å². The van der Waals surface area contributed by atoms with Crippen LogP contribution in [0.15, 0.2) is 24.3 Å². The highest BCUT2D eigenvalue weighted by Crippen LogP contribution is 2.32. The van der Waals surface area contributed by atoms with Gasteiger partial charge in [0.2, 0.25) is 0 Å². The van der Waals surface area contributed by atoms with Crippen molar-refractivity contribution in [2.24, 2.45) is 11.7 Å². The molecule has 0 saturated heterocycles. The van der Waals surface area contributed by atoms with Crippen LogP contribution in [0.3, 0.4) is 0 Å². The van der Waals surface area contributed by atoms with Crippen molar-refractivity contribution < 1.29 is 0 Å². The van der Waals surface area contributed by atoms with Gasteiger partial charge in [0.15, 0.2) is 0 Å². The van der Waals surface area contributed by atoms with Gasteiger partial charge < -0.3 is 5.73 Å². The Balaban J connectivity index is 2.21. The third-order valence-corrected chi connectivity index (χ3v) is 4.20. The second-order valence-corrected chi connectivity index (χ2v) is 6.52. The van der Waals surface area contributed by atoms with Gasteiger partial charge in [0.25, 0.3) is 0 Å². The molecule has 2 unspecified atom stereocenters. The zero-order valence-electron chi connectivity index (χ0n) is 12.8. The van der Waals surface area contributed by atoms with E-state index in [0.29, 0.717) is 18.0 Å². The maximum atomic E-state index is 6.56. The molecule has 2 atom stereocenters. The Labute approximate surface area is 118 Å². The van der Waals surface area contributed by atoms with Gasteiger partial charge in [-0.3, -0.25) is 4.90 Å². The fourth-order valence-corrected chi connectivity index (χ4v) is 3.30. The summed E-state index contributed by atoms with van der Waals surface area (Å²) in [4.78, 5) is 2.60. The van der Waals surface area contributed by atoms with Crippen molar-refractivity contribution in [3.05, 3.63) is 35.4 Å². The fourth-order valence-electron chi connectivity index (χ4n) is 3.30. The van der Waals surface area contributed by atoms with E-state index in [4.69, 9.17) is 5.73 Å². The molecule has 0 aliphatic heterocycles. The van der Waals surface area contributed by atoms with E-state index in [1.54, 1.807) is 0 Å². The second kappa shape index (κ2) is 6.06. The van der Waals surface area contributed by atoms with Gasteiger partial charge in [-0.25, -0.2) is 0 Å². The van der Waals surface area contributed by atoms with Crippen molar-refractivity contribution in [1.82, 2.24) is 4.90 Å². The zero-order valence-corrected chi connectivity index (χ0v) is 12.8. The maximum Gasteiger partial charge on any atom is 0.0456 e. The lowest BCUT2D eigenvalue weighted by Gasteiger charge is -2.42. The molecule has 19 heavy (non-hydrogen) atoms. The standard InChI is InChI=1S/C17H28N2/c1-12(2)11-19(13(3)4)16-10-9-14-7-5-6-8-15(14)17(16)18/h5-8,12-13,16-17H,9-11,18H2,1-4H3. The van der Waals surface area contributed by atoms with Crippen LogP contribution in [-0.2, 0) is 6.42 Å². The van der Waals surface area contributed by atoms with Crippen molar-refractivity contribution in [2.45, 2.75) is 58.7 Å². The highest BCUT2D eigenvalue weighted by Gasteiger charge is 2.32. The molecule has 2 nitrogen and oxygen atoms in total. The average molecular weight is 260 g/mol. The third kappa shape index (κ3) is 3.18. The van der Waals surface area contributed by atoms with Crippen LogP contribution in [-0.4, -0.2) is 23.5 Å². The topological polar surface area (TPSA) is 29.3 Å². The Bertz CT molecular complexity index is 411. The van der Waals surface area contributed by atoms with Gasteiger partial charge in [-0.05, 0) is 43.7 Å². The van der Waals surface area contributed by atoms with Crippen molar-refractivity contribution in [3.8, 4) is 0 Å². The molecule has 2 rings (SSSR count). The van der Waals surface area contributed by atoms with Crippen molar-refractivity contribution in [1.29, 1.82) is 0 Å². The first-order valence-electron chi connectivity index (χ1n) is 7.59. The van der Waals surface area contributed by atoms with E-state index in [-0.39, 0.29) is 6.04 Å². The number of rotatable bonds is 4. The number of nitrogens with two attached hydrogens (primary N) is 1. The summed E-state index contributed by atoms with van der Waals surface area (Å²) in [6.45, 7) is 10.3. The predicted molar refractivity (Wildman–Crippen MR) is 82.2 cm³/mol. The summed E-state index contributed by atoms with van der Waals surface area (Å²) in [6, 6.07) is 9.88. The molecular formula is C17H28N2. The minimum atomic E-state index is 0.158. The SMILES string of the molecule is CC(C)CN(C(C)C)C1CCc2ccccc2C1N. The Hall–Kier alpha value is -0.860. The van der Waals surface area contributed by atoms with E-state index in [2.05, 4.69) is 56.9 Å².